The number of carbonyl (C=O) groups is 1. The largest absolute Gasteiger partial charge is 1.00 e. The Bertz CT molecular complexity index is 525. The third kappa shape index (κ3) is 7.50. The van der Waals surface area contributed by atoms with Crippen molar-refractivity contribution < 1.29 is 58.8 Å². The zero-order valence-corrected chi connectivity index (χ0v) is 18.4. The Morgan fingerprint density at radius 1 is 1.41 bits per heavy atom. The Kier molecular flexibility index (Phi) is 11.2. The molecule has 1 aliphatic heterocycles. The Morgan fingerprint density at radius 3 is 2.81 bits per heavy atom. The number of unbranched alkanes of at least 4 members (excludes halogenated alkanes) is 2. The summed E-state index contributed by atoms with van der Waals surface area (Å²) in [6.07, 6.45) is 6.98. The monoisotopic (exact) mass is 392 g/mol. The number of aliphatic hydroxyl groups excluding tert-OH is 2. The molecule has 0 bridgehead atoms. The third-order valence-electron chi connectivity index (χ3n) is 5.24. The van der Waals surface area contributed by atoms with Crippen LogP contribution in [0.3, 0.4) is 0 Å². The van der Waals surface area contributed by atoms with Gasteiger partial charge in [0.15, 0.2) is 6.17 Å². The van der Waals surface area contributed by atoms with Gasteiger partial charge in [-0.25, -0.2) is 4.39 Å². The number of carbonyl (C=O) groups excluding carboxylic acids is 1. The van der Waals surface area contributed by atoms with Crippen LogP contribution in [0.25, 0.3) is 0 Å². The number of ether oxygens (including phenoxy) is 1. The van der Waals surface area contributed by atoms with Gasteiger partial charge in [-0.1, -0.05) is 38.3 Å². The molecule has 27 heavy (non-hydrogen) atoms. The van der Waals surface area contributed by atoms with E-state index in [1.807, 2.05) is 6.08 Å². The smallest absolute Gasteiger partial charge is 0.550 e. The van der Waals surface area contributed by atoms with Crippen LogP contribution in [0, 0.1) is 11.8 Å². The van der Waals surface area contributed by atoms with Gasteiger partial charge in [-0.15, -0.1) is 0 Å². The van der Waals surface area contributed by atoms with Crippen molar-refractivity contribution in [1.82, 2.24) is 0 Å². The van der Waals surface area contributed by atoms with Gasteiger partial charge in [-0.05, 0) is 31.8 Å². The molecule has 2 N–H and O–H groups in total. The molecule has 6 atom stereocenters. The first-order valence-corrected chi connectivity index (χ1v) is 9.69. The number of hydrogen-bond acceptors (Lipinski definition) is 5. The van der Waals surface area contributed by atoms with E-state index >= 15 is 0 Å². The number of aliphatic carboxylic acids is 1. The second kappa shape index (κ2) is 12.2. The SMILES string of the molecule is CCCCC[C@H](O)/C=C/[C@@H]1[C@H]2C=C([C@@H](F)CCCC(=O)[O-])O[C@H]2C[C@H]1O.[Na+]. The molecule has 7 heteroatoms. The molecule has 0 spiro atoms. The minimum atomic E-state index is -1.33. The molecule has 0 aromatic carbocycles. The van der Waals surface area contributed by atoms with E-state index in [2.05, 4.69) is 6.92 Å². The number of alkyl halides is 1. The van der Waals surface area contributed by atoms with Crippen molar-refractivity contribution in [3.63, 3.8) is 0 Å². The number of hydrogen-bond donors (Lipinski definition) is 2. The maximum Gasteiger partial charge on any atom is 1.00 e. The molecular weight excluding hydrogens is 362 g/mol. The van der Waals surface area contributed by atoms with Crippen molar-refractivity contribution in [2.45, 2.75) is 82.8 Å². The van der Waals surface area contributed by atoms with Crippen LogP contribution in [0.1, 0.15) is 58.3 Å². The summed E-state index contributed by atoms with van der Waals surface area (Å²) in [4.78, 5) is 10.4. The molecule has 0 aromatic heterocycles. The molecule has 5 nitrogen and oxygen atoms in total. The fourth-order valence-electron chi connectivity index (χ4n) is 3.76. The molecule has 148 valence electrons. The van der Waals surface area contributed by atoms with Gasteiger partial charge < -0.3 is 24.9 Å². The van der Waals surface area contributed by atoms with Gasteiger partial charge in [0.2, 0.25) is 0 Å². The van der Waals surface area contributed by atoms with E-state index in [1.54, 1.807) is 12.2 Å². The number of aliphatic hydroxyl groups is 2. The van der Waals surface area contributed by atoms with E-state index in [-0.39, 0.29) is 72.5 Å². The summed E-state index contributed by atoms with van der Waals surface area (Å²) in [6, 6.07) is 0. The van der Waals surface area contributed by atoms with Gasteiger partial charge in [-0.3, -0.25) is 0 Å². The molecule has 0 saturated heterocycles. The number of halogens is 1. The van der Waals surface area contributed by atoms with E-state index in [0.717, 1.165) is 19.3 Å². The summed E-state index contributed by atoms with van der Waals surface area (Å²) in [7, 11) is 0. The summed E-state index contributed by atoms with van der Waals surface area (Å²) in [6.45, 7) is 2.11. The van der Waals surface area contributed by atoms with Crippen LogP contribution < -0.4 is 34.7 Å². The molecule has 0 amide bonds. The fourth-order valence-corrected chi connectivity index (χ4v) is 3.76. The molecule has 2 rings (SSSR count). The summed E-state index contributed by atoms with van der Waals surface area (Å²) < 4.78 is 19.9. The Hall–Kier alpha value is -0.400. The van der Waals surface area contributed by atoms with Gasteiger partial charge in [0.05, 0.1) is 12.2 Å². The second-order valence-corrected chi connectivity index (χ2v) is 7.36. The van der Waals surface area contributed by atoms with Gasteiger partial charge in [0.1, 0.15) is 11.9 Å². The maximum atomic E-state index is 14.2. The van der Waals surface area contributed by atoms with Crippen molar-refractivity contribution >= 4 is 5.97 Å². The molecule has 1 saturated carbocycles. The topological polar surface area (TPSA) is 89.8 Å². The van der Waals surface area contributed by atoms with Crippen LogP contribution in [0.5, 0.6) is 0 Å². The van der Waals surface area contributed by atoms with E-state index in [4.69, 9.17) is 4.74 Å². The van der Waals surface area contributed by atoms with Gasteiger partial charge in [0.25, 0.3) is 0 Å². The van der Waals surface area contributed by atoms with E-state index < -0.39 is 24.3 Å². The molecule has 1 fully saturated rings. The number of fused-ring (bicyclic) bond motifs is 1. The molecule has 1 aliphatic carbocycles. The standard InChI is InChI=1S/C20H31FO5.Na/c1-2-3-4-6-13(22)9-10-14-15-11-19(26-18(15)12-17(14)23)16(21)7-5-8-20(24)25;/h9-11,13-18,22-23H,2-8,12H2,1H3,(H,24,25);/q;+1/p-1/b10-9+;/t13-,14+,15+,16-,17+,18-;/m0./s1. The molecule has 0 aromatic rings. The van der Waals surface area contributed by atoms with Gasteiger partial charge in [-0.2, -0.15) is 0 Å². The Morgan fingerprint density at radius 2 is 2.15 bits per heavy atom. The number of rotatable bonds is 11. The van der Waals surface area contributed by atoms with Crippen LogP contribution in [0.4, 0.5) is 4.39 Å². The average molecular weight is 392 g/mol. The predicted octanol–water partition coefficient (Wildman–Crippen LogP) is -0.974. The zero-order chi connectivity index (χ0) is 19.1. The van der Waals surface area contributed by atoms with E-state index in [0.29, 0.717) is 12.8 Å². The first-order valence-electron chi connectivity index (χ1n) is 9.69. The molecule has 0 radical (unpaired) electrons. The Balaban J connectivity index is 0.00000364. The van der Waals surface area contributed by atoms with E-state index in [1.165, 1.54) is 0 Å². The average Bonchev–Trinajstić information content (AvgIpc) is 3.10. The van der Waals surface area contributed by atoms with Crippen LogP contribution in [0.2, 0.25) is 0 Å². The van der Waals surface area contributed by atoms with Crippen molar-refractivity contribution in [2.24, 2.45) is 11.8 Å². The van der Waals surface area contributed by atoms with Gasteiger partial charge >= 0.3 is 29.6 Å². The van der Waals surface area contributed by atoms with Crippen molar-refractivity contribution in [2.75, 3.05) is 0 Å². The van der Waals surface area contributed by atoms with Crippen molar-refractivity contribution in [3.8, 4) is 0 Å². The minimum Gasteiger partial charge on any atom is -0.550 e. The second-order valence-electron chi connectivity index (χ2n) is 7.36. The molecule has 1 heterocycles. The summed E-state index contributed by atoms with van der Waals surface area (Å²) in [5.41, 5.74) is 0. The van der Waals surface area contributed by atoms with E-state index in [9.17, 15) is 24.5 Å². The quantitative estimate of drug-likeness (QED) is 0.268. The summed E-state index contributed by atoms with van der Waals surface area (Å²) in [5, 5.41) is 30.7. The third-order valence-corrected chi connectivity index (χ3v) is 5.24. The van der Waals surface area contributed by atoms with Crippen molar-refractivity contribution in [1.29, 1.82) is 0 Å². The molecule has 0 unspecified atom stereocenters. The summed E-state index contributed by atoms with van der Waals surface area (Å²) in [5.74, 6) is -1.25. The molecule has 2 aliphatic rings. The summed E-state index contributed by atoms with van der Waals surface area (Å²) >= 11 is 0. The predicted molar refractivity (Wildman–Crippen MR) is 93.6 cm³/mol. The van der Waals surface area contributed by atoms with Crippen LogP contribution in [-0.4, -0.2) is 40.7 Å². The zero-order valence-electron chi connectivity index (χ0n) is 16.4. The van der Waals surface area contributed by atoms with Gasteiger partial charge in [0, 0.05) is 24.2 Å². The first-order chi connectivity index (χ1) is 12.4. The molecular formula is C20H30FNaO5. The van der Waals surface area contributed by atoms with Crippen molar-refractivity contribution in [3.05, 3.63) is 24.0 Å². The first kappa shape index (κ1) is 24.6. The fraction of sp³-hybridized carbons (Fsp3) is 0.750. The maximum absolute atomic E-state index is 14.2. The van der Waals surface area contributed by atoms with Crippen LogP contribution in [-0.2, 0) is 9.53 Å². The minimum absolute atomic E-state index is 0. The normalized spacial score (nSPS) is 29.0. The Labute approximate surface area is 183 Å². The number of allylic oxidation sites excluding steroid dienone is 1. The number of carboxylic acids is 1. The van der Waals surface area contributed by atoms with Crippen LogP contribution >= 0.6 is 0 Å². The van der Waals surface area contributed by atoms with Crippen LogP contribution in [0.15, 0.2) is 24.0 Å². The number of carboxylic acid groups (broad SMARTS) is 1.